The van der Waals surface area contributed by atoms with E-state index in [4.69, 9.17) is 4.74 Å². The lowest BCUT2D eigenvalue weighted by Gasteiger charge is -2.39. The van der Waals surface area contributed by atoms with Gasteiger partial charge in [0.1, 0.15) is 0 Å². The molecule has 2 amide bonds. The summed E-state index contributed by atoms with van der Waals surface area (Å²) < 4.78 is 7.11. The van der Waals surface area contributed by atoms with Gasteiger partial charge in [0.2, 0.25) is 5.91 Å². The summed E-state index contributed by atoms with van der Waals surface area (Å²) in [7, 11) is 3.70. The van der Waals surface area contributed by atoms with Gasteiger partial charge in [-0.05, 0) is 42.8 Å². The van der Waals surface area contributed by atoms with Gasteiger partial charge in [0.05, 0.1) is 24.1 Å². The molecular formula is C29H27N3O4. The van der Waals surface area contributed by atoms with Crippen LogP contribution >= 0.6 is 0 Å². The normalized spacial score (nSPS) is 17.1. The molecule has 2 atom stereocenters. The van der Waals surface area contributed by atoms with Gasteiger partial charge in [-0.15, -0.1) is 0 Å². The average molecular weight is 482 g/mol. The molecule has 1 N–H and O–H groups in total. The van der Waals surface area contributed by atoms with Crippen LogP contribution in [0.1, 0.15) is 50.7 Å². The van der Waals surface area contributed by atoms with E-state index in [1.807, 2.05) is 54.2 Å². The number of anilines is 1. The van der Waals surface area contributed by atoms with Gasteiger partial charge in [0.25, 0.3) is 5.91 Å². The van der Waals surface area contributed by atoms with Crippen LogP contribution in [0.2, 0.25) is 0 Å². The van der Waals surface area contributed by atoms with Gasteiger partial charge in [-0.1, -0.05) is 42.5 Å². The van der Waals surface area contributed by atoms with Crippen molar-refractivity contribution in [3.05, 3.63) is 101 Å². The van der Waals surface area contributed by atoms with Crippen LogP contribution in [0.4, 0.5) is 5.69 Å². The predicted molar refractivity (Wildman–Crippen MR) is 138 cm³/mol. The Kier molecular flexibility index (Phi) is 6.06. The molecule has 0 spiro atoms. The smallest absolute Gasteiger partial charge is 0.338 e. The van der Waals surface area contributed by atoms with Crippen LogP contribution in [0.3, 0.4) is 0 Å². The first-order chi connectivity index (χ1) is 17.4. The van der Waals surface area contributed by atoms with Crippen LogP contribution in [0.15, 0.2) is 79.0 Å². The number of nitrogens with one attached hydrogen (secondary N) is 1. The van der Waals surface area contributed by atoms with E-state index >= 15 is 0 Å². The van der Waals surface area contributed by atoms with Gasteiger partial charge in [-0.25, -0.2) is 4.79 Å². The number of hydrogen-bond donors (Lipinski definition) is 1. The van der Waals surface area contributed by atoms with Gasteiger partial charge in [0.15, 0.2) is 0 Å². The van der Waals surface area contributed by atoms with Crippen LogP contribution in [-0.4, -0.2) is 40.9 Å². The van der Waals surface area contributed by atoms with Crippen LogP contribution in [0, 0.1) is 0 Å². The molecule has 1 aromatic heterocycles. The van der Waals surface area contributed by atoms with E-state index in [0.29, 0.717) is 22.4 Å². The minimum atomic E-state index is -0.666. The summed E-state index contributed by atoms with van der Waals surface area (Å²) in [5.41, 5.74) is 3.96. The van der Waals surface area contributed by atoms with Gasteiger partial charge in [-0.3, -0.25) is 9.59 Å². The lowest BCUT2D eigenvalue weighted by Crippen LogP contribution is -2.44. The van der Waals surface area contributed by atoms with E-state index in [-0.39, 0.29) is 18.4 Å². The van der Waals surface area contributed by atoms with Crippen LogP contribution in [0.25, 0.3) is 10.9 Å². The fourth-order valence-corrected chi connectivity index (χ4v) is 5.11. The minimum Gasteiger partial charge on any atom is -0.462 e. The maximum atomic E-state index is 13.9. The molecule has 36 heavy (non-hydrogen) atoms. The highest BCUT2D eigenvalue weighted by Gasteiger charge is 2.43. The summed E-state index contributed by atoms with van der Waals surface area (Å²) in [4.78, 5) is 41.2. The summed E-state index contributed by atoms with van der Waals surface area (Å²) in [5, 5.41) is 3.98. The van der Waals surface area contributed by atoms with Crippen molar-refractivity contribution in [2.75, 3.05) is 19.0 Å². The zero-order chi connectivity index (χ0) is 25.4. The maximum absolute atomic E-state index is 13.9. The Morgan fingerprint density at radius 1 is 0.944 bits per heavy atom. The third kappa shape index (κ3) is 3.92. The summed E-state index contributed by atoms with van der Waals surface area (Å²) in [6.45, 7) is 2.01. The number of carbonyl (C=O) groups is 3. The van der Waals surface area contributed by atoms with Crippen molar-refractivity contribution in [1.29, 1.82) is 0 Å². The number of carbonyl (C=O) groups excluding carboxylic acids is 3. The number of para-hydroxylation sites is 1. The zero-order valence-electron chi connectivity index (χ0n) is 20.4. The third-order valence-corrected chi connectivity index (χ3v) is 6.75. The molecule has 7 heteroatoms. The molecular weight excluding hydrogens is 454 g/mol. The van der Waals surface area contributed by atoms with Crippen LogP contribution < -0.4 is 5.32 Å². The first-order valence-corrected chi connectivity index (χ1v) is 11.9. The number of ether oxygens (including phenoxy) is 1. The molecule has 0 radical (unpaired) electrons. The van der Waals surface area contributed by atoms with Crippen molar-refractivity contribution in [2.24, 2.45) is 7.05 Å². The highest BCUT2D eigenvalue weighted by Crippen LogP contribution is 2.44. The van der Waals surface area contributed by atoms with E-state index in [1.54, 1.807) is 55.3 Å². The SMILES string of the molecule is CCOC(=O)c1cccc(NC(=O)C2c3ccccc3C(=O)N(C)C2c2cn(C)c3ccccc23)c1. The molecule has 5 rings (SSSR count). The minimum absolute atomic E-state index is 0.128. The molecule has 7 nitrogen and oxygen atoms in total. The summed E-state index contributed by atoms with van der Waals surface area (Å²) in [6.07, 6.45) is 1.99. The van der Waals surface area contributed by atoms with E-state index in [0.717, 1.165) is 16.5 Å². The number of benzene rings is 3. The number of aromatic nitrogens is 1. The van der Waals surface area contributed by atoms with E-state index in [1.165, 1.54) is 0 Å². The second-order valence-electron chi connectivity index (χ2n) is 8.93. The van der Waals surface area contributed by atoms with Crippen molar-refractivity contribution < 1.29 is 19.1 Å². The zero-order valence-corrected chi connectivity index (χ0v) is 20.4. The van der Waals surface area contributed by atoms with Crippen molar-refractivity contribution >= 4 is 34.4 Å². The van der Waals surface area contributed by atoms with E-state index in [9.17, 15) is 14.4 Å². The molecule has 0 saturated heterocycles. The predicted octanol–water partition coefficient (Wildman–Crippen LogP) is 4.90. The van der Waals surface area contributed by atoms with Crippen molar-refractivity contribution in [1.82, 2.24) is 9.47 Å². The standard InChI is InChI=1S/C29H27N3O4/c1-4-36-29(35)18-10-9-11-19(16-18)30-27(33)25-21-13-5-6-14-22(21)28(34)32(3)26(25)23-17-31(2)24-15-8-7-12-20(23)24/h5-17,25-26H,4H2,1-3H3,(H,30,33). The lowest BCUT2D eigenvalue weighted by atomic mass is 9.79. The summed E-state index contributed by atoms with van der Waals surface area (Å²) in [5.74, 6) is -1.51. The van der Waals surface area contributed by atoms with Gasteiger partial charge in [-0.2, -0.15) is 0 Å². The number of nitrogens with zero attached hydrogens (tertiary/aromatic N) is 2. The number of fused-ring (bicyclic) bond motifs is 2. The monoisotopic (exact) mass is 481 g/mol. The number of likely N-dealkylation sites (N-methyl/N-ethyl adjacent to an activating group) is 1. The summed E-state index contributed by atoms with van der Waals surface area (Å²) in [6, 6.07) is 21.4. The molecule has 182 valence electrons. The molecule has 0 saturated carbocycles. The Bertz CT molecular complexity index is 1490. The second kappa shape index (κ2) is 9.34. The fraction of sp³-hybridized carbons (Fsp3) is 0.207. The molecule has 4 aromatic rings. The number of rotatable bonds is 5. The lowest BCUT2D eigenvalue weighted by molar-refractivity contribution is -0.119. The molecule has 0 aliphatic carbocycles. The Morgan fingerprint density at radius 3 is 2.50 bits per heavy atom. The number of hydrogen-bond acceptors (Lipinski definition) is 4. The molecule has 1 aliphatic heterocycles. The third-order valence-electron chi connectivity index (χ3n) is 6.75. The molecule has 3 aromatic carbocycles. The molecule has 0 bridgehead atoms. The number of amides is 2. The largest absolute Gasteiger partial charge is 0.462 e. The van der Waals surface area contributed by atoms with Crippen molar-refractivity contribution in [3.63, 3.8) is 0 Å². The van der Waals surface area contributed by atoms with E-state index in [2.05, 4.69) is 5.32 Å². The number of esters is 1. The molecule has 2 unspecified atom stereocenters. The van der Waals surface area contributed by atoms with Gasteiger partial charge < -0.3 is 19.5 Å². The van der Waals surface area contributed by atoms with Gasteiger partial charge in [0, 0.05) is 48.0 Å². The summed E-state index contributed by atoms with van der Waals surface area (Å²) >= 11 is 0. The van der Waals surface area contributed by atoms with Crippen molar-refractivity contribution in [2.45, 2.75) is 18.9 Å². The highest BCUT2D eigenvalue weighted by atomic mass is 16.5. The highest BCUT2D eigenvalue weighted by molar-refractivity contribution is 6.05. The van der Waals surface area contributed by atoms with Gasteiger partial charge >= 0.3 is 5.97 Å². The second-order valence-corrected chi connectivity index (χ2v) is 8.93. The Hall–Kier alpha value is -4.39. The first-order valence-electron chi connectivity index (χ1n) is 11.9. The molecule has 0 fully saturated rings. The first kappa shape index (κ1) is 23.4. The molecule has 1 aliphatic rings. The topological polar surface area (TPSA) is 80.6 Å². The Balaban J connectivity index is 1.60. The van der Waals surface area contributed by atoms with Crippen molar-refractivity contribution in [3.8, 4) is 0 Å². The maximum Gasteiger partial charge on any atom is 0.338 e. The number of aryl methyl sites for hydroxylation is 1. The quantitative estimate of drug-likeness (QED) is 0.411. The Labute approximate surface area is 209 Å². The van der Waals surface area contributed by atoms with E-state index < -0.39 is 17.9 Å². The Morgan fingerprint density at radius 2 is 1.69 bits per heavy atom. The molecule has 2 heterocycles. The van der Waals surface area contributed by atoms with Crippen LogP contribution in [-0.2, 0) is 16.6 Å². The fourth-order valence-electron chi connectivity index (χ4n) is 5.11. The average Bonchev–Trinajstić information content (AvgIpc) is 3.22. The van der Waals surface area contributed by atoms with Crippen LogP contribution in [0.5, 0.6) is 0 Å².